The standard InChI is InChI=1S/C18H15BrN4O/c1-2-4-17(24)22-14-7-8-15-16(10-14)20-11-21-18(15)23-13-6-3-5-12(19)9-13/h2-11H,1H3,(H,22,24)(H,20,21,23)/b4-2-. The van der Waals surface area contributed by atoms with Gasteiger partial charge in [0, 0.05) is 21.2 Å². The van der Waals surface area contributed by atoms with Crippen molar-refractivity contribution in [3.63, 3.8) is 0 Å². The topological polar surface area (TPSA) is 66.9 Å². The summed E-state index contributed by atoms with van der Waals surface area (Å²) in [5.74, 6) is 0.544. The van der Waals surface area contributed by atoms with Crippen LogP contribution in [-0.4, -0.2) is 15.9 Å². The van der Waals surface area contributed by atoms with Gasteiger partial charge < -0.3 is 10.6 Å². The molecule has 0 unspecified atom stereocenters. The third-order valence-electron chi connectivity index (χ3n) is 3.31. The Morgan fingerprint density at radius 1 is 1.12 bits per heavy atom. The molecule has 0 aliphatic carbocycles. The van der Waals surface area contributed by atoms with E-state index in [0.29, 0.717) is 11.5 Å². The molecule has 3 aromatic rings. The largest absolute Gasteiger partial charge is 0.340 e. The third-order valence-corrected chi connectivity index (χ3v) is 3.80. The molecule has 0 spiro atoms. The van der Waals surface area contributed by atoms with Crippen molar-refractivity contribution in [2.75, 3.05) is 10.6 Å². The molecule has 0 saturated heterocycles. The second kappa shape index (κ2) is 7.23. The highest BCUT2D eigenvalue weighted by molar-refractivity contribution is 9.10. The van der Waals surface area contributed by atoms with Gasteiger partial charge in [0.05, 0.1) is 5.52 Å². The number of carbonyl (C=O) groups excluding carboxylic acids is 1. The number of nitrogens with zero attached hydrogens (tertiary/aromatic N) is 2. The van der Waals surface area contributed by atoms with Crippen molar-refractivity contribution in [2.45, 2.75) is 6.92 Å². The van der Waals surface area contributed by atoms with Crippen LogP contribution in [0.5, 0.6) is 0 Å². The SMILES string of the molecule is C/C=C\C(=O)Nc1ccc2c(Nc3cccc(Br)c3)ncnc2c1. The number of nitrogens with one attached hydrogen (secondary N) is 2. The minimum Gasteiger partial charge on any atom is -0.340 e. The van der Waals surface area contributed by atoms with Crippen LogP contribution >= 0.6 is 15.9 Å². The van der Waals surface area contributed by atoms with E-state index in [1.807, 2.05) is 42.5 Å². The number of fused-ring (bicyclic) bond motifs is 1. The predicted molar refractivity (Wildman–Crippen MR) is 100 cm³/mol. The zero-order chi connectivity index (χ0) is 16.9. The molecule has 24 heavy (non-hydrogen) atoms. The van der Waals surface area contributed by atoms with Crippen LogP contribution in [0.15, 0.2) is 65.4 Å². The summed E-state index contributed by atoms with van der Waals surface area (Å²) in [5, 5.41) is 6.96. The van der Waals surface area contributed by atoms with E-state index in [0.717, 1.165) is 21.1 Å². The van der Waals surface area contributed by atoms with Gasteiger partial charge in [-0.3, -0.25) is 4.79 Å². The number of benzene rings is 2. The van der Waals surface area contributed by atoms with E-state index in [2.05, 4.69) is 36.5 Å². The van der Waals surface area contributed by atoms with E-state index in [1.165, 1.54) is 12.4 Å². The van der Waals surface area contributed by atoms with Crippen molar-refractivity contribution in [1.29, 1.82) is 0 Å². The smallest absolute Gasteiger partial charge is 0.248 e. The molecule has 6 heteroatoms. The number of halogens is 1. The van der Waals surface area contributed by atoms with Crippen LogP contribution in [0.3, 0.4) is 0 Å². The Morgan fingerprint density at radius 2 is 2.00 bits per heavy atom. The van der Waals surface area contributed by atoms with Crippen molar-refractivity contribution in [1.82, 2.24) is 9.97 Å². The first kappa shape index (κ1) is 16.1. The van der Waals surface area contributed by atoms with E-state index < -0.39 is 0 Å². The molecule has 1 aromatic heterocycles. The Bertz CT molecular complexity index is 924. The lowest BCUT2D eigenvalue weighted by Crippen LogP contribution is -2.07. The lowest BCUT2D eigenvalue weighted by Gasteiger charge is -2.10. The van der Waals surface area contributed by atoms with Crippen LogP contribution in [0.2, 0.25) is 0 Å². The normalized spacial score (nSPS) is 10.9. The minimum atomic E-state index is -0.168. The summed E-state index contributed by atoms with van der Waals surface area (Å²) in [6.45, 7) is 1.80. The first-order valence-corrected chi connectivity index (χ1v) is 8.16. The fraction of sp³-hybridized carbons (Fsp3) is 0.0556. The van der Waals surface area contributed by atoms with Crippen molar-refractivity contribution < 1.29 is 4.79 Å². The van der Waals surface area contributed by atoms with Crippen molar-refractivity contribution >= 4 is 49.9 Å². The summed E-state index contributed by atoms with van der Waals surface area (Å²) in [5.41, 5.74) is 2.37. The van der Waals surface area contributed by atoms with Crippen LogP contribution in [0, 0.1) is 0 Å². The van der Waals surface area contributed by atoms with Gasteiger partial charge in [-0.15, -0.1) is 0 Å². The molecule has 1 amide bonds. The number of anilines is 3. The summed E-state index contributed by atoms with van der Waals surface area (Å²) < 4.78 is 0.986. The lowest BCUT2D eigenvalue weighted by atomic mass is 10.2. The number of hydrogen-bond donors (Lipinski definition) is 2. The summed E-state index contributed by atoms with van der Waals surface area (Å²) in [6, 6.07) is 13.4. The number of hydrogen-bond acceptors (Lipinski definition) is 4. The summed E-state index contributed by atoms with van der Waals surface area (Å²) in [6.07, 6.45) is 4.67. The number of amides is 1. The Morgan fingerprint density at radius 3 is 2.79 bits per heavy atom. The molecule has 1 heterocycles. The molecular weight excluding hydrogens is 368 g/mol. The van der Waals surface area contributed by atoms with E-state index in [9.17, 15) is 4.79 Å². The second-order valence-corrected chi connectivity index (χ2v) is 5.99. The molecule has 0 saturated carbocycles. The maximum absolute atomic E-state index is 11.6. The highest BCUT2D eigenvalue weighted by Crippen LogP contribution is 2.26. The second-order valence-electron chi connectivity index (χ2n) is 5.08. The van der Waals surface area contributed by atoms with Crippen LogP contribution in [-0.2, 0) is 4.79 Å². The lowest BCUT2D eigenvalue weighted by molar-refractivity contribution is -0.111. The maximum Gasteiger partial charge on any atom is 0.248 e. The van der Waals surface area contributed by atoms with Gasteiger partial charge in [-0.2, -0.15) is 0 Å². The van der Waals surface area contributed by atoms with Gasteiger partial charge in [-0.1, -0.05) is 28.1 Å². The number of rotatable bonds is 4. The third kappa shape index (κ3) is 3.78. The monoisotopic (exact) mass is 382 g/mol. The fourth-order valence-electron chi connectivity index (χ4n) is 2.27. The van der Waals surface area contributed by atoms with E-state index >= 15 is 0 Å². The molecule has 0 fully saturated rings. The Balaban J connectivity index is 1.91. The van der Waals surface area contributed by atoms with Crippen molar-refractivity contribution in [3.8, 4) is 0 Å². The molecular formula is C18H15BrN4O. The molecule has 0 atom stereocenters. The summed E-state index contributed by atoms with van der Waals surface area (Å²) >= 11 is 3.45. The first-order valence-electron chi connectivity index (χ1n) is 7.37. The van der Waals surface area contributed by atoms with Crippen LogP contribution in [0.4, 0.5) is 17.2 Å². The molecule has 0 aliphatic rings. The molecule has 120 valence electrons. The van der Waals surface area contributed by atoms with Gasteiger partial charge in [0.2, 0.25) is 5.91 Å². The average Bonchev–Trinajstić information content (AvgIpc) is 2.55. The van der Waals surface area contributed by atoms with Crippen LogP contribution in [0.25, 0.3) is 10.9 Å². The molecule has 5 nitrogen and oxygen atoms in total. The Hall–Kier alpha value is -2.73. The van der Waals surface area contributed by atoms with E-state index in [1.54, 1.807) is 13.0 Å². The van der Waals surface area contributed by atoms with Crippen molar-refractivity contribution in [3.05, 3.63) is 65.4 Å². The molecule has 0 aliphatic heterocycles. The van der Waals surface area contributed by atoms with E-state index in [4.69, 9.17) is 0 Å². The first-order chi connectivity index (χ1) is 11.7. The zero-order valence-electron chi connectivity index (χ0n) is 13.0. The quantitative estimate of drug-likeness (QED) is 0.644. The van der Waals surface area contributed by atoms with Crippen LogP contribution in [0.1, 0.15) is 6.92 Å². The minimum absolute atomic E-state index is 0.168. The predicted octanol–water partition coefficient (Wildman–Crippen LogP) is 4.65. The fourth-order valence-corrected chi connectivity index (χ4v) is 2.67. The molecule has 0 radical (unpaired) electrons. The van der Waals surface area contributed by atoms with E-state index in [-0.39, 0.29) is 5.91 Å². The van der Waals surface area contributed by atoms with Gasteiger partial charge in [0.15, 0.2) is 0 Å². The van der Waals surface area contributed by atoms with Gasteiger partial charge in [0.25, 0.3) is 0 Å². The molecule has 3 rings (SSSR count). The summed E-state index contributed by atoms with van der Waals surface area (Å²) in [4.78, 5) is 20.2. The highest BCUT2D eigenvalue weighted by Gasteiger charge is 2.06. The van der Waals surface area contributed by atoms with Gasteiger partial charge in [-0.05, 0) is 49.4 Å². The van der Waals surface area contributed by atoms with Gasteiger partial charge in [0.1, 0.15) is 12.1 Å². The number of allylic oxidation sites excluding steroid dienone is 1. The van der Waals surface area contributed by atoms with Crippen molar-refractivity contribution in [2.24, 2.45) is 0 Å². The molecule has 0 bridgehead atoms. The van der Waals surface area contributed by atoms with Gasteiger partial charge >= 0.3 is 0 Å². The molecule has 2 N–H and O–H groups in total. The van der Waals surface area contributed by atoms with Gasteiger partial charge in [-0.25, -0.2) is 9.97 Å². The zero-order valence-corrected chi connectivity index (χ0v) is 14.5. The average molecular weight is 383 g/mol. The Kier molecular flexibility index (Phi) is 4.86. The van der Waals surface area contributed by atoms with Crippen LogP contribution < -0.4 is 10.6 Å². The number of carbonyl (C=O) groups is 1. The highest BCUT2D eigenvalue weighted by atomic mass is 79.9. The Labute approximate surface area is 148 Å². The summed E-state index contributed by atoms with van der Waals surface area (Å²) in [7, 11) is 0. The maximum atomic E-state index is 11.6. The molecule has 2 aromatic carbocycles. The number of aromatic nitrogens is 2.